The molecule has 0 aliphatic carbocycles. The van der Waals surface area contributed by atoms with Gasteiger partial charge in [-0.15, -0.1) is 0 Å². The Morgan fingerprint density at radius 3 is 2.77 bits per heavy atom. The Morgan fingerprint density at radius 1 is 1.35 bits per heavy atom. The topological polar surface area (TPSA) is 84.3 Å². The molecule has 3 rings (SSSR count). The zero-order valence-corrected chi connectivity index (χ0v) is 14.8. The molecule has 1 aromatic carbocycles. The molecule has 1 atom stereocenters. The maximum absolute atomic E-state index is 13.7. The number of halogens is 2. The monoisotopic (exact) mass is 384 g/mol. The van der Waals surface area contributed by atoms with Crippen LogP contribution in [0.15, 0.2) is 35.5 Å². The second-order valence-corrected chi connectivity index (χ2v) is 8.10. The van der Waals surface area contributed by atoms with Crippen LogP contribution in [-0.2, 0) is 21.9 Å². The first-order valence-corrected chi connectivity index (χ1v) is 9.46. The van der Waals surface area contributed by atoms with Gasteiger partial charge in [-0.1, -0.05) is 0 Å². The highest BCUT2D eigenvalue weighted by atomic mass is 32.2. The smallest absolute Gasteiger partial charge is 0.246 e. The lowest BCUT2D eigenvalue weighted by molar-refractivity contribution is -0.120. The van der Waals surface area contributed by atoms with E-state index in [1.807, 2.05) is 0 Å². The first-order chi connectivity index (χ1) is 12.3. The lowest BCUT2D eigenvalue weighted by Gasteiger charge is -2.30. The molecule has 26 heavy (non-hydrogen) atoms. The number of rotatable bonds is 4. The van der Waals surface area contributed by atoms with Crippen LogP contribution in [0.4, 0.5) is 14.5 Å². The first-order valence-electron chi connectivity index (χ1n) is 8.02. The van der Waals surface area contributed by atoms with Crippen molar-refractivity contribution in [3.8, 4) is 0 Å². The maximum atomic E-state index is 13.7. The van der Waals surface area contributed by atoms with E-state index in [1.54, 1.807) is 7.05 Å². The van der Waals surface area contributed by atoms with Gasteiger partial charge in [0.25, 0.3) is 0 Å². The van der Waals surface area contributed by atoms with E-state index in [1.165, 1.54) is 21.4 Å². The molecule has 2 aromatic rings. The summed E-state index contributed by atoms with van der Waals surface area (Å²) < 4.78 is 54.6. The van der Waals surface area contributed by atoms with E-state index in [0.717, 1.165) is 12.1 Å². The van der Waals surface area contributed by atoms with E-state index in [2.05, 4.69) is 10.4 Å². The zero-order chi connectivity index (χ0) is 18.9. The van der Waals surface area contributed by atoms with Gasteiger partial charge < -0.3 is 5.32 Å². The van der Waals surface area contributed by atoms with Crippen molar-refractivity contribution in [3.63, 3.8) is 0 Å². The van der Waals surface area contributed by atoms with Crippen molar-refractivity contribution in [2.75, 3.05) is 18.4 Å². The number of carbonyl (C=O) groups excluding carboxylic acids is 1. The predicted molar refractivity (Wildman–Crippen MR) is 89.7 cm³/mol. The number of carbonyl (C=O) groups is 1. The van der Waals surface area contributed by atoms with Gasteiger partial charge in [-0.3, -0.25) is 9.48 Å². The number of piperidine rings is 1. The van der Waals surface area contributed by atoms with E-state index in [4.69, 9.17) is 0 Å². The average molecular weight is 384 g/mol. The minimum Gasteiger partial charge on any atom is -0.323 e. The maximum Gasteiger partial charge on any atom is 0.246 e. The molecule has 1 amide bonds. The Labute approximate surface area is 149 Å². The third-order valence-corrected chi connectivity index (χ3v) is 6.08. The van der Waals surface area contributed by atoms with Gasteiger partial charge in [-0.2, -0.15) is 9.40 Å². The van der Waals surface area contributed by atoms with Crippen LogP contribution in [0.25, 0.3) is 0 Å². The number of anilines is 1. The van der Waals surface area contributed by atoms with Crippen molar-refractivity contribution in [1.29, 1.82) is 0 Å². The summed E-state index contributed by atoms with van der Waals surface area (Å²) in [5.74, 6) is -2.75. The number of nitrogens with one attached hydrogen (secondary N) is 1. The number of amides is 1. The largest absolute Gasteiger partial charge is 0.323 e. The fraction of sp³-hybridized carbons (Fsp3) is 0.375. The van der Waals surface area contributed by atoms with Crippen molar-refractivity contribution in [2.24, 2.45) is 13.0 Å². The first kappa shape index (κ1) is 18.5. The number of aromatic nitrogens is 2. The summed E-state index contributed by atoms with van der Waals surface area (Å²) in [5.41, 5.74) is -0.136. The lowest BCUT2D eigenvalue weighted by Crippen LogP contribution is -2.43. The molecule has 1 aromatic heterocycles. The summed E-state index contributed by atoms with van der Waals surface area (Å²) in [6, 6.07) is 2.85. The molecule has 0 radical (unpaired) electrons. The van der Waals surface area contributed by atoms with Crippen molar-refractivity contribution in [2.45, 2.75) is 17.7 Å². The van der Waals surface area contributed by atoms with Crippen LogP contribution in [0.5, 0.6) is 0 Å². The summed E-state index contributed by atoms with van der Waals surface area (Å²) in [4.78, 5) is 12.5. The third kappa shape index (κ3) is 3.75. The van der Waals surface area contributed by atoms with Gasteiger partial charge in [-0.25, -0.2) is 17.2 Å². The molecule has 0 spiro atoms. The number of nitrogens with zero attached hydrogens (tertiary/aromatic N) is 3. The second-order valence-electron chi connectivity index (χ2n) is 6.17. The summed E-state index contributed by atoms with van der Waals surface area (Å²) in [6.45, 7) is 0.289. The lowest BCUT2D eigenvalue weighted by atomic mass is 9.98. The molecule has 10 heteroatoms. The highest BCUT2D eigenvalue weighted by molar-refractivity contribution is 7.89. The number of benzene rings is 1. The molecule has 1 saturated heterocycles. The molecule has 0 bridgehead atoms. The fourth-order valence-corrected chi connectivity index (χ4v) is 4.39. The minimum atomic E-state index is -3.75. The van der Waals surface area contributed by atoms with Crippen molar-refractivity contribution < 1.29 is 22.0 Å². The highest BCUT2D eigenvalue weighted by Gasteiger charge is 2.34. The standard InChI is InChI=1S/C16H18F2N4O3S/c1-21-10-13(8-19-21)26(24,25)22-6-2-3-11(9-22)16(23)20-15-5-4-12(17)7-14(15)18/h4-5,7-8,10-11H,2-3,6,9H2,1H3,(H,20,23). The van der Waals surface area contributed by atoms with Crippen molar-refractivity contribution in [1.82, 2.24) is 14.1 Å². The molecular formula is C16H18F2N4O3S. The Kier molecular flexibility index (Phi) is 5.05. The zero-order valence-electron chi connectivity index (χ0n) is 14.0. The van der Waals surface area contributed by atoms with Crippen LogP contribution in [0, 0.1) is 17.6 Å². The molecule has 7 nitrogen and oxygen atoms in total. The highest BCUT2D eigenvalue weighted by Crippen LogP contribution is 2.25. The number of aryl methyl sites for hydroxylation is 1. The fourth-order valence-electron chi connectivity index (χ4n) is 2.88. The average Bonchev–Trinajstić information content (AvgIpc) is 3.05. The van der Waals surface area contributed by atoms with Gasteiger partial charge in [0.15, 0.2) is 0 Å². The number of hydrogen-bond acceptors (Lipinski definition) is 4. The molecule has 140 valence electrons. The summed E-state index contributed by atoms with van der Waals surface area (Å²) in [7, 11) is -2.13. The summed E-state index contributed by atoms with van der Waals surface area (Å²) >= 11 is 0. The van der Waals surface area contributed by atoms with Crippen LogP contribution in [0.1, 0.15) is 12.8 Å². The summed E-state index contributed by atoms with van der Waals surface area (Å²) in [6.07, 6.45) is 3.64. The quantitative estimate of drug-likeness (QED) is 0.870. The molecule has 1 aliphatic rings. The second kappa shape index (κ2) is 7.12. The Hall–Kier alpha value is -2.33. The van der Waals surface area contributed by atoms with Gasteiger partial charge in [-0.05, 0) is 25.0 Å². The molecule has 1 fully saturated rings. The van der Waals surface area contributed by atoms with Crippen LogP contribution in [-0.4, -0.2) is 41.5 Å². The van der Waals surface area contributed by atoms with Gasteiger partial charge >= 0.3 is 0 Å². The van der Waals surface area contributed by atoms with Crippen molar-refractivity contribution >= 4 is 21.6 Å². The molecule has 2 heterocycles. The van der Waals surface area contributed by atoms with E-state index in [0.29, 0.717) is 25.5 Å². The van der Waals surface area contributed by atoms with Crippen molar-refractivity contribution in [3.05, 3.63) is 42.2 Å². The van der Waals surface area contributed by atoms with E-state index >= 15 is 0 Å². The van der Waals surface area contributed by atoms with Crippen LogP contribution >= 0.6 is 0 Å². The van der Waals surface area contributed by atoms with Gasteiger partial charge in [0, 0.05) is 32.4 Å². The number of hydrogen-bond donors (Lipinski definition) is 1. The van der Waals surface area contributed by atoms with Crippen LogP contribution in [0.2, 0.25) is 0 Å². The van der Waals surface area contributed by atoms with Crippen LogP contribution < -0.4 is 5.32 Å². The number of sulfonamides is 1. The van der Waals surface area contributed by atoms with E-state index in [9.17, 15) is 22.0 Å². The van der Waals surface area contributed by atoms with E-state index < -0.39 is 33.5 Å². The van der Waals surface area contributed by atoms with Gasteiger partial charge in [0.2, 0.25) is 15.9 Å². The molecular weight excluding hydrogens is 366 g/mol. The third-order valence-electron chi connectivity index (χ3n) is 4.26. The Bertz CT molecular complexity index is 929. The summed E-state index contributed by atoms with van der Waals surface area (Å²) in [5, 5.41) is 6.27. The van der Waals surface area contributed by atoms with Gasteiger partial charge in [0.05, 0.1) is 17.8 Å². The predicted octanol–water partition coefficient (Wildman–Crippen LogP) is 1.74. The Morgan fingerprint density at radius 2 is 2.12 bits per heavy atom. The van der Waals surface area contributed by atoms with Gasteiger partial charge in [0.1, 0.15) is 16.5 Å². The molecule has 1 N–H and O–H groups in total. The minimum absolute atomic E-state index is 0.00806. The molecule has 1 aliphatic heterocycles. The molecule has 1 unspecified atom stereocenters. The molecule has 0 saturated carbocycles. The SMILES string of the molecule is Cn1cc(S(=O)(=O)N2CCCC(C(=O)Nc3ccc(F)cc3F)C2)cn1. The normalized spacial score (nSPS) is 18.7. The Balaban J connectivity index is 1.72. The van der Waals surface area contributed by atoms with E-state index in [-0.39, 0.29) is 17.1 Å². The van der Waals surface area contributed by atoms with Crippen LogP contribution in [0.3, 0.4) is 0 Å².